The van der Waals surface area contributed by atoms with Crippen molar-refractivity contribution in [2.75, 3.05) is 6.54 Å². The van der Waals surface area contributed by atoms with Crippen LogP contribution in [0.4, 0.5) is 0 Å². The van der Waals surface area contributed by atoms with Crippen molar-refractivity contribution in [2.45, 2.75) is 31.8 Å². The molecule has 0 bridgehead atoms. The Kier molecular flexibility index (Phi) is 4.61. The third kappa shape index (κ3) is 3.18. The molecule has 0 aliphatic carbocycles. The second kappa shape index (κ2) is 7.05. The topological polar surface area (TPSA) is 64.2 Å². The highest BCUT2D eigenvalue weighted by atomic mass is 32.1. The largest absolute Gasteiger partial charge is 0.334 e. The number of likely N-dealkylation sites (tertiary alicyclic amines) is 1. The van der Waals surface area contributed by atoms with Gasteiger partial charge in [-0.15, -0.1) is 11.3 Å². The van der Waals surface area contributed by atoms with E-state index >= 15 is 0 Å². The maximum absolute atomic E-state index is 13.1. The highest BCUT2D eigenvalue weighted by Crippen LogP contribution is 2.29. The lowest BCUT2D eigenvalue weighted by Crippen LogP contribution is -2.48. The van der Waals surface area contributed by atoms with Crippen LogP contribution in [0.25, 0.3) is 16.3 Å². The van der Waals surface area contributed by atoms with Crippen LogP contribution in [0.1, 0.15) is 30.3 Å². The summed E-state index contributed by atoms with van der Waals surface area (Å²) in [5.41, 5.74) is 8.41. The Morgan fingerprint density at radius 3 is 2.73 bits per heavy atom. The molecule has 4 rings (SSSR count). The van der Waals surface area contributed by atoms with Crippen molar-refractivity contribution in [3.8, 4) is 16.3 Å². The fourth-order valence-electron chi connectivity index (χ4n) is 3.51. The maximum atomic E-state index is 13.1. The minimum Gasteiger partial charge on any atom is -0.334 e. The lowest BCUT2D eigenvalue weighted by Gasteiger charge is -2.35. The molecule has 1 aliphatic heterocycles. The van der Waals surface area contributed by atoms with E-state index in [0.717, 1.165) is 29.1 Å². The summed E-state index contributed by atoms with van der Waals surface area (Å²) in [6.07, 6.45) is 1.68. The average molecular weight is 366 g/mol. The van der Waals surface area contributed by atoms with Gasteiger partial charge in [0.1, 0.15) is 0 Å². The molecule has 3 heterocycles. The number of piperidine rings is 1. The number of benzene rings is 1. The molecule has 2 N–H and O–H groups in total. The standard InChI is InChI=1S/C20H22N4OS/c1-14-12-15(21)9-10-23(14)20(25)17-13-18(19-8-5-11-26-19)24(22-17)16-6-3-2-4-7-16/h2-8,11,13-15H,9-10,12,21H2,1H3/t14-,15-/m1/s1. The summed E-state index contributed by atoms with van der Waals surface area (Å²) in [6, 6.07) is 16.2. The van der Waals surface area contributed by atoms with Crippen LogP contribution in [0.2, 0.25) is 0 Å². The predicted molar refractivity (Wildman–Crippen MR) is 105 cm³/mol. The number of nitrogens with two attached hydrogens (primary N) is 1. The molecule has 5 nitrogen and oxygen atoms in total. The Labute approximate surface area is 157 Å². The molecule has 134 valence electrons. The molecule has 0 saturated carbocycles. The van der Waals surface area contributed by atoms with Gasteiger partial charge in [0, 0.05) is 18.6 Å². The normalized spacial score (nSPS) is 20.3. The smallest absolute Gasteiger partial charge is 0.274 e. The van der Waals surface area contributed by atoms with Crippen LogP contribution in [0.15, 0.2) is 53.9 Å². The lowest BCUT2D eigenvalue weighted by atomic mass is 9.99. The Morgan fingerprint density at radius 1 is 1.23 bits per heavy atom. The summed E-state index contributed by atoms with van der Waals surface area (Å²) in [5.74, 6) is -0.0168. The Hall–Kier alpha value is -2.44. The zero-order valence-electron chi connectivity index (χ0n) is 14.7. The van der Waals surface area contributed by atoms with Crippen molar-refractivity contribution < 1.29 is 4.79 Å². The van der Waals surface area contributed by atoms with Gasteiger partial charge in [0.25, 0.3) is 5.91 Å². The van der Waals surface area contributed by atoms with E-state index in [9.17, 15) is 4.79 Å². The monoisotopic (exact) mass is 366 g/mol. The van der Waals surface area contributed by atoms with Crippen LogP contribution in [0.3, 0.4) is 0 Å². The number of thiophene rings is 1. The minimum absolute atomic E-state index is 0.0168. The summed E-state index contributed by atoms with van der Waals surface area (Å²) < 4.78 is 1.86. The Balaban J connectivity index is 1.73. The van der Waals surface area contributed by atoms with E-state index in [4.69, 9.17) is 5.73 Å². The molecule has 0 radical (unpaired) electrons. The van der Waals surface area contributed by atoms with Gasteiger partial charge in [-0.2, -0.15) is 5.10 Å². The second-order valence-electron chi connectivity index (χ2n) is 6.77. The maximum Gasteiger partial charge on any atom is 0.274 e. The van der Waals surface area contributed by atoms with Gasteiger partial charge in [-0.25, -0.2) is 4.68 Å². The van der Waals surface area contributed by atoms with Crippen LogP contribution in [-0.4, -0.2) is 39.2 Å². The third-order valence-electron chi connectivity index (χ3n) is 4.88. The first-order valence-electron chi connectivity index (χ1n) is 8.89. The highest BCUT2D eigenvalue weighted by Gasteiger charge is 2.30. The van der Waals surface area contributed by atoms with Gasteiger partial charge >= 0.3 is 0 Å². The van der Waals surface area contributed by atoms with Gasteiger partial charge in [0.05, 0.1) is 16.3 Å². The summed E-state index contributed by atoms with van der Waals surface area (Å²) in [6.45, 7) is 2.75. The molecule has 0 unspecified atom stereocenters. The number of aromatic nitrogens is 2. The third-order valence-corrected chi connectivity index (χ3v) is 5.77. The highest BCUT2D eigenvalue weighted by molar-refractivity contribution is 7.13. The number of nitrogens with zero attached hydrogens (tertiary/aromatic N) is 3. The Morgan fingerprint density at radius 2 is 2.04 bits per heavy atom. The number of hydrogen-bond acceptors (Lipinski definition) is 4. The number of carbonyl (C=O) groups is 1. The van der Waals surface area contributed by atoms with E-state index < -0.39 is 0 Å². The van der Waals surface area contributed by atoms with E-state index in [1.165, 1.54) is 0 Å². The van der Waals surface area contributed by atoms with Gasteiger partial charge in [-0.3, -0.25) is 4.79 Å². The lowest BCUT2D eigenvalue weighted by molar-refractivity contribution is 0.0612. The average Bonchev–Trinajstić information content (AvgIpc) is 3.31. The van der Waals surface area contributed by atoms with Crippen molar-refractivity contribution >= 4 is 17.2 Å². The summed E-state index contributed by atoms with van der Waals surface area (Å²) in [4.78, 5) is 16.1. The molecule has 2 aromatic heterocycles. The van der Waals surface area contributed by atoms with E-state index in [-0.39, 0.29) is 18.0 Å². The van der Waals surface area contributed by atoms with Crippen LogP contribution in [0.5, 0.6) is 0 Å². The molecule has 0 spiro atoms. The van der Waals surface area contributed by atoms with Crippen molar-refractivity contribution in [2.24, 2.45) is 5.73 Å². The molecule has 6 heteroatoms. The number of carbonyl (C=O) groups excluding carboxylic acids is 1. The van der Waals surface area contributed by atoms with Crippen molar-refractivity contribution in [3.63, 3.8) is 0 Å². The van der Waals surface area contributed by atoms with Crippen molar-refractivity contribution in [1.29, 1.82) is 0 Å². The first kappa shape index (κ1) is 17.0. The molecule has 1 amide bonds. The molecule has 1 aromatic carbocycles. The first-order chi connectivity index (χ1) is 12.6. The van der Waals surface area contributed by atoms with Gasteiger partial charge in [-0.1, -0.05) is 24.3 Å². The molecular formula is C20H22N4OS. The molecule has 1 aliphatic rings. The molecule has 3 aromatic rings. The fourth-order valence-corrected chi connectivity index (χ4v) is 4.24. The van der Waals surface area contributed by atoms with Crippen LogP contribution < -0.4 is 5.73 Å². The van der Waals surface area contributed by atoms with E-state index in [1.54, 1.807) is 11.3 Å². The summed E-state index contributed by atoms with van der Waals surface area (Å²) in [7, 11) is 0. The van der Waals surface area contributed by atoms with E-state index in [1.807, 2.05) is 57.4 Å². The molecule has 2 atom stereocenters. The van der Waals surface area contributed by atoms with Gasteiger partial charge < -0.3 is 10.6 Å². The van der Waals surface area contributed by atoms with Gasteiger partial charge in [0.15, 0.2) is 5.69 Å². The minimum atomic E-state index is -0.0168. The van der Waals surface area contributed by atoms with Crippen molar-refractivity contribution in [3.05, 3.63) is 59.6 Å². The summed E-state index contributed by atoms with van der Waals surface area (Å²) >= 11 is 1.64. The van der Waals surface area contributed by atoms with E-state index in [0.29, 0.717) is 12.2 Å². The Bertz CT molecular complexity index is 888. The molecule has 26 heavy (non-hydrogen) atoms. The quantitative estimate of drug-likeness (QED) is 0.771. The number of rotatable bonds is 3. The number of hydrogen-bond donors (Lipinski definition) is 1. The predicted octanol–water partition coefficient (Wildman–Crippen LogP) is 3.55. The molecular weight excluding hydrogens is 344 g/mol. The SMILES string of the molecule is C[C@@H]1C[C@H](N)CCN1C(=O)c1cc(-c2cccs2)n(-c2ccccc2)n1. The van der Waals surface area contributed by atoms with Gasteiger partial charge in [-0.05, 0) is 49.4 Å². The molecule has 1 saturated heterocycles. The number of para-hydroxylation sites is 1. The van der Waals surface area contributed by atoms with Crippen LogP contribution in [-0.2, 0) is 0 Å². The molecule has 1 fully saturated rings. The van der Waals surface area contributed by atoms with Crippen LogP contribution in [0, 0.1) is 0 Å². The summed E-state index contributed by atoms with van der Waals surface area (Å²) in [5, 5.41) is 6.70. The zero-order valence-corrected chi connectivity index (χ0v) is 15.5. The zero-order chi connectivity index (χ0) is 18.1. The second-order valence-corrected chi connectivity index (χ2v) is 7.72. The van der Waals surface area contributed by atoms with Gasteiger partial charge in [0.2, 0.25) is 0 Å². The first-order valence-corrected chi connectivity index (χ1v) is 9.77. The van der Waals surface area contributed by atoms with Crippen molar-refractivity contribution in [1.82, 2.24) is 14.7 Å². The number of amides is 1. The van der Waals surface area contributed by atoms with E-state index in [2.05, 4.69) is 18.1 Å². The fraction of sp³-hybridized carbons (Fsp3) is 0.300. The van der Waals surface area contributed by atoms with Crippen LogP contribution >= 0.6 is 11.3 Å².